The summed E-state index contributed by atoms with van der Waals surface area (Å²) in [5.41, 5.74) is 2.86. The molecule has 1 aromatic heterocycles. The SMILES string of the molecule is CCC(C)C(C)NCc1cscc1C. The highest BCUT2D eigenvalue weighted by atomic mass is 32.1. The summed E-state index contributed by atoms with van der Waals surface area (Å²) >= 11 is 1.79. The van der Waals surface area contributed by atoms with Gasteiger partial charge in [0.25, 0.3) is 0 Å². The average molecular weight is 211 g/mol. The number of nitrogens with one attached hydrogen (secondary N) is 1. The normalized spacial score (nSPS) is 15.4. The van der Waals surface area contributed by atoms with Gasteiger partial charge in [0.15, 0.2) is 0 Å². The van der Waals surface area contributed by atoms with Gasteiger partial charge < -0.3 is 5.32 Å². The van der Waals surface area contributed by atoms with Gasteiger partial charge >= 0.3 is 0 Å². The van der Waals surface area contributed by atoms with Gasteiger partial charge in [-0.1, -0.05) is 20.3 Å². The fourth-order valence-corrected chi connectivity index (χ4v) is 2.25. The van der Waals surface area contributed by atoms with E-state index >= 15 is 0 Å². The second-order valence-corrected chi connectivity index (χ2v) is 4.88. The van der Waals surface area contributed by atoms with Gasteiger partial charge in [0.2, 0.25) is 0 Å². The van der Waals surface area contributed by atoms with Gasteiger partial charge in [0.05, 0.1) is 0 Å². The zero-order valence-electron chi connectivity index (χ0n) is 9.63. The summed E-state index contributed by atoms with van der Waals surface area (Å²) in [5.74, 6) is 0.758. The van der Waals surface area contributed by atoms with Crippen molar-refractivity contribution in [2.45, 2.75) is 46.7 Å². The second kappa shape index (κ2) is 5.52. The highest BCUT2D eigenvalue weighted by Crippen LogP contribution is 2.14. The molecule has 0 saturated carbocycles. The molecular formula is C12H21NS. The first kappa shape index (κ1) is 11.7. The van der Waals surface area contributed by atoms with E-state index in [1.165, 1.54) is 17.5 Å². The van der Waals surface area contributed by atoms with Crippen molar-refractivity contribution >= 4 is 11.3 Å². The highest BCUT2D eigenvalue weighted by molar-refractivity contribution is 7.08. The Bertz CT molecular complexity index is 267. The van der Waals surface area contributed by atoms with Crippen molar-refractivity contribution in [3.8, 4) is 0 Å². The van der Waals surface area contributed by atoms with Crippen LogP contribution in [0.4, 0.5) is 0 Å². The Labute approximate surface area is 91.5 Å². The molecule has 0 aromatic carbocycles. The van der Waals surface area contributed by atoms with Crippen LogP contribution < -0.4 is 5.32 Å². The topological polar surface area (TPSA) is 12.0 Å². The third kappa shape index (κ3) is 3.10. The Hall–Kier alpha value is -0.340. The van der Waals surface area contributed by atoms with Crippen LogP contribution in [-0.2, 0) is 6.54 Å². The molecule has 0 aliphatic carbocycles. The van der Waals surface area contributed by atoms with E-state index < -0.39 is 0 Å². The van der Waals surface area contributed by atoms with E-state index in [0.717, 1.165) is 12.5 Å². The maximum Gasteiger partial charge on any atom is 0.0218 e. The maximum atomic E-state index is 3.58. The van der Waals surface area contributed by atoms with E-state index in [9.17, 15) is 0 Å². The average Bonchev–Trinajstić information content (AvgIpc) is 2.59. The first-order valence-corrected chi connectivity index (χ1v) is 6.34. The molecule has 14 heavy (non-hydrogen) atoms. The van der Waals surface area contributed by atoms with Crippen molar-refractivity contribution in [2.24, 2.45) is 5.92 Å². The molecular weight excluding hydrogens is 190 g/mol. The molecule has 1 nitrogen and oxygen atoms in total. The zero-order valence-corrected chi connectivity index (χ0v) is 10.4. The predicted molar refractivity (Wildman–Crippen MR) is 64.8 cm³/mol. The molecule has 0 radical (unpaired) electrons. The van der Waals surface area contributed by atoms with Gasteiger partial charge in [-0.05, 0) is 41.7 Å². The fourth-order valence-electron chi connectivity index (χ4n) is 1.39. The van der Waals surface area contributed by atoms with E-state index in [1.54, 1.807) is 11.3 Å². The van der Waals surface area contributed by atoms with Crippen molar-refractivity contribution in [3.05, 3.63) is 21.9 Å². The lowest BCUT2D eigenvalue weighted by atomic mass is 10.0. The molecule has 1 heterocycles. The lowest BCUT2D eigenvalue weighted by molar-refractivity contribution is 0.389. The summed E-state index contributed by atoms with van der Waals surface area (Å²) in [5, 5.41) is 8.04. The Morgan fingerprint density at radius 3 is 2.57 bits per heavy atom. The predicted octanol–water partition coefficient (Wildman–Crippen LogP) is 3.58. The van der Waals surface area contributed by atoms with Crippen LogP contribution in [0.15, 0.2) is 10.8 Å². The molecule has 0 aliphatic rings. The Kier molecular flexibility index (Phi) is 4.63. The van der Waals surface area contributed by atoms with Crippen LogP contribution >= 0.6 is 11.3 Å². The molecule has 0 aliphatic heterocycles. The Balaban J connectivity index is 2.37. The van der Waals surface area contributed by atoms with Crippen LogP contribution in [0.5, 0.6) is 0 Å². The van der Waals surface area contributed by atoms with Crippen LogP contribution in [0.25, 0.3) is 0 Å². The number of thiophene rings is 1. The first-order chi connectivity index (χ1) is 6.65. The van der Waals surface area contributed by atoms with Crippen LogP contribution in [0.1, 0.15) is 38.3 Å². The van der Waals surface area contributed by atoms with Crippen molar-refractivity contribution in [1.82, 2.24) is 5.32 Å². The fraction of sp³-hybridized carbons (Fsp3) is 0.667. The largest absolute Gasteiger partial charge is 0.310 e. The van der Waals surface area contributed by atoms with Gasteiger partial charge in [0, 0.05) is 12.6 Å². The monoisotopic (exact) mass is 211 g/mol. The van der Waals surface area contributed by atoms with Gasteiger partial charge in [-0.15, -0.1) is 0 Å². The number of rotatable bonds is 5. The zero-order chi connectivity index (χ0) is 10.6. The number of aryl methyl sites for hydroxylation is 1. The molecule has 0 saturated heterocycles. The molecule has 1 N–H and O–H groups in total. The molecule has 2 unspecified atom stereocenters. The van der Waals surface area contributed by atoms with E-state index in [2.05, 4.69) is 43.8 Å². The first-order valence-electron chi connectivity index (χ1n) is 5.40. The summed E-state index contributed by atoms with van der Waals surface area (Å²) in [6, 6.07) is 0.610. The third-order valence-corrected chi connectivity index (χ3v) is 3.98. The Morgan fingerprint density at radius 2 is 2.07 bits per heavy atom. The molecule has 2 atom stereocenters. The molecule has 2 heteroatoms. The smallest absolute Gasteiger partial charge is 0.0218 e. The minimum Gasteiger partial charge on any atom is -0.310 e. The van der Waals surface area contributed by atoms with Crippen molar-refractivity contribution in [3.63, 3.8) is 0 Å². The van der Waals surface area contributed by atoms with Crippen LogP contribution in [-0.4, -0.2) is 6.04 Å². The lowest BCUT2D eigenvalue weighted by Crippen LogP contribution is -2.31. The molecule has 80 valence electrons. The highest BCUT2D eigenvalue weighted by Gasteiger charge is 2.09. The third-order valence-electron chi connectivity index (χ3n) is 3.07. The number of hydrogen-bond donors (Lipinski definition) is 1. The van der Waals surface area contributed by atoms with E-state index in [1.807, 2.05) is 0 Å². The minimum absolute atomic E-state index is 0.610. The van der Waals surface area contributed by atoms with Gasteiger partial charge in [-0.25, -0.2) is 0 Å². The van der Waals surface area contributed by atoms with E-state index in [-0.39, 0.29) is 0 Å². The van der Waals surface area contributed by atoms with Gasteiger partial charge in [0.1, 0.15) is 0 Å². The molecule has 0 amide bonds. The molecule has 0 fully saturated rings. The minimum atomic E-state index is 0.610. The van der Waals surface area contributed by atoms with Gasteiger partial charge in [-0.2, -0.15) is 11.3 Å². The molecule has 0 spiro atoms. The summed E-state index contributed by atoms with van der Waals surface area (Å²) in [7, 11) is 0. The standard InChI is InChI=1S/C12H21NS/c1-5-9(2)11(4)13-6-12-8-14-7-10(12)3/h7-9,11,13H,5-6H2,1-4H3. The van der Waals surface area contributed by atoms with Crippen LogP contribution in [0, 0.1) is 12.8 Å². The van der Waals surface area contributed by atoms with Gasteiger partial charge in [-0.3, -0.25) is 0 Å². The van der Waals surface area contributed by atoms with E-state index in [4.69, 9.17) is 0 Å². The Morgan fingerprint density at radius 1 is 1.36 bits per heavy atom. The lowest BCUT2D eigenvalue weighted by Gasteiger charge is -2.19. The number of hydrogen-bond acceptors (Lipinski definition) is 2. The van der Waals surface area contributed by atoms with Crippen molar-refractivity contribution in [2.75, 3.05) is 0 Å². The summed E-state index contributed by atoms with van der Waals surface area (Å²) in [4.78, 5) is 0. The van der Waals surface area contributed by atoms with Crippen LogP contribution in [0.2, 0.25) is 0 Å². The second-order valence-electron chi connectivity index (χ2n) is 4.14. The summed E-state index contributed by atoms with van der Waals surface area (Å²) < 4.78 is 0. The van der Waals surface area contributed by atoms with E-state index in [0.29, 0.717) is 6.04 Å². The molecule has 0 bridgehead atoms. The maximum absolute atomic E-state index is 3.58. The summed E-state index contributed by atoms with van der Waals surface area (Å²) in [6.45, 7) is 10.0. The summed E-state index contributed by atoms with van der Waals surface area (Å²) in [6.07, 6.45) is 1.25. The quantitative estimate of drug-likeness (QED) is 0.785. The molecule has 1 rings (SSSR count). The van der Waals surface area contributed by atoms with Crippen molar-refractivity contribution < 1.29 is 0 Å². The van der Waals surface area contributed by atoms with Crippen LogP contribution in [0.3, 0.4) is 0 Å². The van der Waals surface area contributed by atoms with Crippen molar-refractivity contribution in [1.29, 1.82) is 0 Å². The molecule has 1 aromatic rings.